The number of halogens is 5. The summed E-state index contributed by atoms with van der Waals surface area (Å²) in [5.41, 5.74) is 2.61. The number of benzene rings is 2. The van der Waals surface area contributed by atoms with Crippen LogP contribution in [0.15, 0.2) is 76.9 Å². The van der Waals surface area contributed by atoms with Gasteiger partial charge in [-0.05, 0) is 67.1 Å². The molecule has 1 fully saturated rings. The average Bonchev–Trinajstić information content (AvgIpc) is 3.65. The minimum Gasteiger partial charge on any atom is -0.494 e. The molecule has 7 nitrogen and oxygen atoms in total. The predicted octanol–water partition coefficient (Wildman–Crippen LogP) is 7.21. The van der Waals surface area contributed by atoms with Crippen LogP contribution in [-0.2, 0) is 0 Å². The van der Waals surface area contributed by atoms with Crippen molar-refractivity contribution in [3.63, 3.8) is 0 Å². The summed E-state index contributed by atoms with van der Waals surface area (Å²) in [4.78, 5) is 15.8. The summed E-state index contributed by atoms with van der Waals surface area (Å²) < 4.78 is 74.6. The highest BCUT2D eigenvalue weighted by atomic mass is 32.5. The van der Waals surface area contributed by atoms with E-state index >= 15 is 0 Å². The number of hydrogen-bond acceptors (Lipinski definition) is 5. The number of imidazole rings is 1. The van der Waals surface area contributed by atoms with E-state index in [0.29, 0.717) is 11.4 Å². The molecule has 5 rings (SSSR count). The summed E-state index contributed by atoms with van der Waals surface area (Å²) in [5.74, 6) is 0.696. The second-order valence-corrected chi connectivity index (χ2v) is 12.3. The maximum absolute atomic E-state index is 13.6. The number of nitrogens with zero attached hydrogens (tertiary/aromatic N) is 3. The monoisotopic (exact) mass is 582 g/mol. The standard InChI is InChI=1S/C27H27F5N4O3S/c1-17-13-35(16-33-17)24-10-7-21(12-26(24)39-2)34-23-11-20(18-3-4-18)14-36(27(23)38)25(15-37)19-5-8-22(9-6-19)40(28,29,30,31)32/h5-14,16,18,25,34,37H,3-4,15H2,1-2H3/t25-/m0/s1. The summed E-state index contributed by atoms with van der Waals surface area (Å²) in [7, 11) is -8.35. The smallest absolute Gasteiger partial charge is 0.310 e. The normalized spacial score (nSPS) is 16.2. The fourth-order valence-corrected chi connectivity index (χ4v) is 5.21. The van der Waals surface area contributed by atoms with Crippen molar-refractivity contribution in [1.82, 2.24) is 14.1 Å². The number of methoxy groups -OCH3 is 1. The van der Waals surface area contributed by atoms with Crippen molar-refractivity contribution < 1.29 is 29.3 Å². The van der Waals surface area contributed by atoms with Crippen molar-refractivity contribution in [1.29, 1.82) is 0 Å². The van der Waals surface area contributed by atoms with Crippen LogP contribution < -0.4 is 15.6 Å². The van der Waals surface area contributed by atoms with Gasteiger partial charge in [0, 0.05) is 24.1 Å². The van der Waals surface area contributed by atoms with Crippen molar-refractivity contribution in [3.05, 3.63) is 94.4 Å². The number of aryl methyl sites for hydroxylation is 1. The number of rotatable bonds is 9. The van der Waals surface area contributed by atoms with Crippen LogP contribution in [0.3, 0.4) is 0 Å². The molecule has 214 valence electrons. The van der Waals surface area contributed by atoms with E-state index in [9.17, 15) is 29.3 Å². The van der Waals surface area contributed by atoms with E-state index in [1.165, 1.54) is 11.7 Å². The molecule has 4 aromatic rings. The molecule has 1 atom stereocenters. The molecule has 0 unspecified atom stereocenters. The first kappa shape index (κ1) is 27.7. The molecule has 0 radical (unpaired) electrons. The maximum Gasteiger partial charge on any atom is 0.310 e. The quantitative estimate of drug-likeness (QED) is 0.204. The molecule has 1 saturated carbocycles. The van der Waals surface area contributed by atoms with Crippen LogP contribution in [0.1, 0.15) is 41.6 Å². The lowest BCUT2D eigenvalue weighted by molar-refractivity contribution is 0.247. The highest BCUT2D eigenvalue weighted by molar-refractivity contribution is 8.45. The summed E-state index contributed by atoms with van der Waals surface area (Å²) in [6, 6.07) is 8.15. The van der Waals surface area contributed by atoms with Crippen LogP contribution in [-0.4, -0.2) is 32.9 Å². The Kier molecular flexibility index (Phi) is 6.30. The van der Waals surface area contributed by atoms with Gasteiger partial charge in [0.2, 0.25) is 0 Å². The van der Waals surface area contributed by atoms with Crippen LogP contribution in [0.4, 0.5) is 30.8 Å². The molecule has 0 aliphatic heterocycles. The van der Waals surface area contributed by atoms with Gasteiger partial charge in [0.25, 0.3) is 5.56 Å². The summed E-state index contributed by atoms with van der Waals surface area (Å²) in [6.07, 6.45) is 6.84. The van der Waals surface area contributed by atoms with Gasteiger partial charge in [-0.3, -0.25) is 4.79 Å². The van der Waals surface area contributed by atoms with Crippen LogP contribution in [0.5, 0.6) is 5.75 Å². The highest BCUT2D eigenvalue weighted by Gasteiger charge is 2.65. The van der Waals surface area contributed by atoms with E-state index in [1.807, 2.05) is 13.1 Å². The fraction of sp³-hybridized carbons (Fsp3) is 0.259. The minimum absolute atomic E-state index is 0.0794. The fourth-order valence-electron chi connectivity index (χ4n) is 4.56. The Morgan fingerprint density at radius 1 is 1.07 bits per heavy atom. The molecule has 1 aliphatic carbocycles. The molecule has 0 saturated heterocycles. The zero-order chi connectivity index (χ0) is 28.9. The van der Waals surface area contributed by atoms with E-state index in [4.69, 9.17) is 4.74 Å². The lowest BCUT2D eigenvalue weighted by Gasteiger charge is -2.40. The lowest BCUT2D eigenvalue weighted by atomic mass is 10.1. The number of aliphatic hydroxyl groups excluding tert-OH is 1. The van der Waals surface area contributed by atoms with Gasteiger partial charge < -0.3 is 24.3 Å². The van der Waals surface area contributed by atoms with Gasteiger partial charge >= 0.3 is 10.2 Å². The second-order valence-electron chi connectivity index (χ2n) is 9.84. The van der Waals surface area contributed by atoms with Gasteiger partial charge in [-0.1, -0.05) is 31.6 Å². The first-order chi connectivity index (χ1) is 18.7. The minimum atomic E-state index is -9.86. The van der Waals surface area contributed by atoms with Gasteiger partial charge in [-0.15, -0.1) is 0 Å². The van der Waals surface area contributed by atoms with Crippen LogP contribution in [0.2, 0.25) is 0 Å². The largest absolute Gasteiger partial charge is 0.494 e. The van der Waals surface area contributed by atoms with Crippen LogP contribution in [0, 0.1) is 6.92 Å². The number of anilines is 2. The third-order valence-corrected chi connectivity index (χ3v) is 7.94. The molecule has 0 amide bonds. The number of pyridine rings is 1. The highest BCUT2D eigenvalue weighted by Crippen LogP contribution is 3.02. The molecule has 2 aromatic carbocycles. The first-order valence-electron chi connectivity index (χ1n) is 12.3. The van der Waals surface area contributed by atoms with Gasteiger partial charge in [0.1, 0.15) is 16.3 Å². The van der Waals surface area contributed by atoms with Gasteiger partial charge in [-0.25, -0.2) is 4.98 Å². The molecule has 2 aromatic heterocycles. The third-order valence-electron chi connectivity index (χ3n) is 6.78. The molecule has 0 bridgehead atoms. The Morgan fingerprint density at radius 3 is 2.33 bits per heavy atom. The second kappa shape index (κ2) is 9.10. The zero-order valence-electron chi connectivity index (χ0n) is 21.5. The molecule has 2 N–H and O–H groups in total. The first-order valence-corrected chi connectivity index (χ1v) is 14.3. The van der Waals surface area contributed by atoms with Crippen LogP contribution in [0.25, 0.3) is 5.69 Å². The Bertz CT molecular complexity index is 1630. The average molecular weight is 583 g/mol. The summed E-state index contributed by atoms with van der Waals surface area (Å²) in [6.45, 7) is 1.22. The van der Waals surface area contributed by atoms with E-state index in [1.54, 1.807) is 41.4 Å². The molecule has 2 heterocycles. The molecule has 0 spiro atoms. The number of nitrogens with one attached hydrogen (secondary N) is 1. The summed E-state index contributed by atoms with van der Waals surface area (Å²) >= 11 is 0. The molecule has 13 heteroatoms. The van der Waals surface area contributed by atoms with Crippen molar-refractivity contribution >= 4 is 21.6 Å². The van der Waals surface area contributed by atoms with Gasteiger partial charge in [0.05, 0.1) is 37.5 Å². The van der Waals surface area contributed by atoms with E-state index in [0.717, 1.165) is 41.9 Å². The van der Waals surface area contributed by atoms with Gasteiger partial charge in [-0.2, -0.15) is 0 Å². The lowest BCUT2D eigenvalue weighted by Crippen LogP contribution is -2.29. The number of aliphatic hydroxyl groups is 1. The Hall–Kier alpha value is -3.84. The molecular weight excluding hydrogens is 555 g/mol. The van der Waals surface area contributed by atoms with Crippen LogP contribution >= 0.6 is 10.2 Å². The van der Waals surface area contributed by atoms with E-state index in [2.05, 4.69) is 10.3 Å². The number of aromatic nitrogens is 3. The van der Waals surface area contributed by atoms with Crippen molar-refractivity contribution in [3.8, 4) is 11.4 Å². The number of ether oxygens (including phenoxy) is 1. The van der Waals surface area contributed by atoms with E-state index in [-0.39, 0.29) is 29.3 Å². The van der Waals surface area contributed by atoms with Gasteiger partial charge in [0.15, 0.2) is 0 Å². The van der Waals surface area contributed by atoms with Crippen molar-refractivity contribution in [2.45, 2.75) is 36.6 Å². The maximum atomic E-state index is 13.6. The Morgan fingerprint density at radius 2 is 1.77 bits per heavy atom. The summed E-state index contributed by atoms with van der Waals surface area (Å²) in [5, 5.41) is 13.3. The van der Waals surface area contributed by atoms with E-state index < -0.39 is 33.3 Å². The Balaban J connectivity index is 1.52. The predicted molar refractivity (Wildman–Crippen MR) is 144 cm³/mol. The van der Waals surface area contributed by atoms with Crippen molar-refractivity contribution in [2.24, 2.45) is 0 Å². The zero-order valence-corrected chi connectivity index (χ0v) is 22.3. The Labute approximate surface area is 226 Å². The molecule has 1 aliphatic rings. The number of hydrogen-bond donors (Lipinski definition) is 2. The SMILES string of the molecule is COc1cc(Nc2cc(C3CC3)cn([C@@H](CO)c3ccc(S(F)(F)(F)(F)F)cc3)c2=O)ccc1-n1cnc(C)c1. The molecular formula is C27H27F5N4O3S. The third kappa shape index (κ3) is 5.70. The topological polar surface area (TPSA) is 81.3 Å². The molecule has 40 heavy (non-hydrogen) atoms. The van der Waals surface area contributed by atoms with Crippen molar-refractivity contribution in [2.75, 3.05) is 19.0 Å².